The Morgan fingerprint density at radius 1 is 1.21 bits per heavy atom. The maximum absolute atomic E-state index is 5.79. The van der Waals surface area contributed by atoms with Crippen molar-refractivity contribution in [3.63, 3.8) is 0 Å². The molecule has 19 heavy (non-hydrogen) atoms. The van der Waals surface area contributed by atoms with Crippen LogP contribution >= 0.6 is 0 Å². The van der Waals surface area contributed by atoms with Crippen molar-refractivity contribution < 1.29 is 4.74 Å². The predicted octanol–water partition coefficient (Wildman–Crippen LogP) is 1.69. The minimum atomic E-state index is 0.508. The second-order valence-corrected chi connectivity index (χ2v) is 4.84. The van der Waals surface area contributed by atoms with E-state index in [0.29, 0.717) is 12.4 Å². The molecule has 2 N–H and O–H groups in total. The highest BCUT2D eigenvalue weighted by atomic mass is 16.5. The fourth-order valence-electron chi connectivity index (χ4n) is 2.45. The minimum Gasteiger partial charge on any atom is -0.492 e. The van der Waals surface area contributed by atoms with Gasteiger partial charge in [0, 0.05) is 18.0 Å². The molecular formula is C14H18N4O. The summed E-state index contributed by atoms with van der Waals surface area (Å²) in [5, 5.41) is 0.870. The van der Waals surface area contributed by atoms with Crippen molar-refractivity contribution in [2.45, 2.75) is 12.8 Å². The van der Waals surface area contributed by atoms with Crippen LogP contribution in [0.25, 0.3) is 10.9 Å². The molecule has 2 aromatic rings. The highest BCUT2D eigenvalue weighted by molar-refractivity contribution is 5.88. The van der Waals surface area contributed by atoms with Crippen molar-refractivity contribution in [1.29, 1.82) is 0 Å². The number of anilines is 1. The number of benzene rings is 1. The zero-order valence-electron chi connectivity index (χ0n) is 10.9. The maximum Gasteiger partial charge on any atom is 0.134 e. The van der Waals surface area contributed by atoms with Crippen molar-refractivity contribution in [1.82, 2.24) is 14.9 Å². The van der Waals surface area contributed by atoms with Gasteiger partial charge in [-0.15, -0.1) is 0 Å². The Morgan fingerprint density at radius 3 is 2.89 bits per heavy atom. The summed E-state index contributed by atoms with van der Waals surface area (Å²) in [6.45, 7) is 4.10. The van der Waals surface area contributed by atoms with Crippen molar-refractivity contribution in [2.24, 2.45) is 0 Å². The molecule has 0 spiro atoms. The summed E-state index contributed by atoms with van der Waals surface area (Å²) in [6.07, 6.45) is 4.10. The van der Waals surface area contributed by atoms with Gasteiger partial charge in [0.1, 0.15) is 24.5 Å². The first kappa shape index (κ1) is 12.2. The van der Waals surface area contributed by atoms with Crippen LogP contribution in [0.1, 0.15) is 12.8 Å². The lowest BCUT2D eigenvalue weighted by atomic mass is 10.2. The number of nitrogens with zero attached hydrogens (tertiary/aromatic N) is 3. The van der Waals surface area contributed by atoms with Crippen LogP contribution < -0.4 is 10.5 Å². The Bertz CT molecular complexity index is 566. The molecule has 0 unspecified atom stereocenters. The number of ether oxygens (including phenoxy) is 1. The molecule has 1 fully saturated rings. The Balaban J connectivity index is 1.64. The number of hydrogen-bond donors (Lipinski definition) is 1. The van der Waals surface area contributed by atoms with Crippen LogP contribution in [0.4, 0.5) is 5.82 Å². The summed E-state index contributed by atoms with van der Waals surface area (Å²) >= 11 is 0. The van der Waals surface area contributed by atoms with E-state index >= 15 is 0 Å². The molecule has 0 atom stereocenters. The van der Waals surface area contributed by atoms with Gasteiger partial charge >= 0.3 is 0 Å². The molecule has 1 aliphatic rings. The van der Waals surface area contributed by atoms with E-state index in [9.17, 15) is 0 Å². The van der Waals surface area contributed by atoms with E-state index in [0.717, 1.165) is 23.2 Å². The summed E-state index contributed by atoms with van der Waals surface area (Å²) in [5.74, 6) is 1.35. The Hall–Kier alpha value is -1.88. The first-order chi connectivity index (χ1) is 9.33. The van der Waals surface area contributed by atoms with E-state index < -0.39 is 0 Å². The highest BCUT2D eigenvalue weighted by Crippen LogP contribution is 2.22. The molecule has 0 amide bonds. The minimum absolute atomic E-state index is 0.508. The monoisotopic (exact) mass is 258 g/mol. The quantitative estimate of drug-likeness (QED) is 0.904. The van der Waals surface area contributed by atoms with Gasteiger partial charge in [-0.1, -0.05) is 0 Å². The molecular weight excluding hydrogens is 240 g/mol. The van der Waals surface area contributed by atoms with E-state index in [1.807, 2.05) is 18.2 Å². The number of fused-ring (bicyclic) bond motifs is 1. The van der Waals surface area contributed by atoms with Crippen LogP contribution in [-0.4, -0.2) is 41.1 Å². The molecule has 0 saturated carbocycles. The number of nitrogen functional groups attached to an aromatic ring is 1. The third-order valence-corrected chi connectivity index (χ3v) is 3.51. The lowest BCUT2D eigenvalue weighted by Crippen LogP contribution is -2.25. The molecule has 1 aromatic carbocycles. The summed E-state index contributed by atoms with van der Waals surface area (Å²) < 4.78 is 5.77. The molecule has 0 bridgehead atoms. The lowest BCUT2D eigenvalue weighted by Gasteiger charge is -2.15. The van der Waals surface area contributed by atoms with Gasteiger partial charge < -0.3 is 10.5 Å². The molecule has 5 nitrogen and oxygen atoms in total. The fraction of sp³-hybridized carbons (Fsp3) is 0.429. The number of hydrogen-bond acceptors (Lipinski definition) is 5. The average molecular weight is 258 g/mol. The third-order valence-electron chi connectivity index (χ3n) is 3.51. The van der Waals surface area contributed by atoms with Gasteiger partial charge in [0.05, 0.1) is 5.52 Å². The fourth-order valence-corrected chi connectivity index (χ4v) is 2.45. The maximum atomic E-state index is 5.79. The lowest BCUT2D eigenvalue weighted by molar-refractivity contribution is 0.238. The second kappa shape index (κ2) is 5.40. The SMILES string of the molecule is Nc1ncnc2cc(OCCN3CCCC3)ccc12. The number of aromatic nitrogens is 2. The van der Waals surface area contributed by atoms with E-state index in [-0.39, 0.29) is 0 Å². The first-order valence-electron chi connectivity index (χ1n) is 6.68. The Labute approximate surface area is 112 Å². The Morgan fingerprint density at radius 2 is 2.05 bits per heavy atom. The molecule has 100 valence electrons. The number of rotatable bonds is 4. The Kier molecular flexibility index (Phi) is 3.46. The molecule has 0 radical (unpaired) electrons. The largest absolute Gasteiger partial charge is 0.492 e. The van der Waals surface area contributed by atoms with Crippen LogP contribution in [0.5, 0.6) is 5.75 Å². The van der Waals surface area contributed by atoms with Gasteiger partial charge in [0.2, 0.25) is 0 Å². The highest BCUT2D eigenvalue weighted by Gasteiger charge is 2.10. The van der Waals surface area contributed by atoms with E-state index in [1.165, 1.54) is 32.3 Å². The van der Waals surface area contributed by atoms with Gasteiger partial charge in [-0.25, -0.2) is 9.97 Å². The van der Waals surface area contributed by atoms with Crippen LogP contribution in [0.2, 0.25) is 0 Å². The molecule has 0 aliphatic carbocycles. The van der Waals surface area contributed by atoms with Gasteiger partial charge in [0.15, 0.2) is 0 Å². The standard InChI is InChI=1S/C14H18N4O/c15-14-12-4-3-11(9-13(12)16-10-17-14)19-8-7-18-5-1-2-6-18/h3-4,9-10H,1-2,5-8H2,(H2,15,16,17). The van der Waals surface area contributed by atoms with Crippen LogP contribution in [0, 0.1) is 0 Å². The molecule has 5 heteroatoms. The van der Waals surface area contributed by atoms with Crippen molar-refractivity contribution in [2.75, 3.05) is 32.0 Å². The summed E-state index contributed by atoms with van der Waals surface area (Å²) in [5.41, 5.74) is 6.62. The smallest absolute Gasteiger partial charge is 0.134 e. The van der Waals surface area contributed by atoms with Crippen molar-refractivity contribution >= 4 is 16.7 Å². The van der Waals surface area contributed by atoms with Gasteiger partial charge in [-0.05, 0) is 38.1 Å². The van der Waals surface area contributed by atoms with Crippen molar-refractivity contribution in [3.8, 4) is 5.75 Å². The van der Waals surface area contributed by atoms with Crippen molar-refractivity contribution in [3.05, 3.63) is 24.5 Å². The summed E-state index contributed by atoms with van der Waals surface area (Å²) in [7, 11) is 0. The molecule has 2 heterocycles. The third kappa shape index (κ3) is 2.76. The summed E-state index contributed by atoms with van der Waals surface area (Å²) in [6, 6.07) is 5.75. The topological polar surface area (TPSA) is 64.3 Å². The number of nitrogens with two attached hydrogens (primary N) is 1. The van der Waals surface area contributed by atoms with Crippen LogP contribution in [0.3, 0.4) is 0 Å². The van der Waals surface area contributed by atoms with E-state index in [4.69, 9.17) is 10.5 Å². The van der Waals surface area contributed by atoms with Gasteiger partial charge in [0.25, 0.3) is 0 Å². The molecule has 1 aliphatic heterocycles. The summed E-state index contributed by atoms with van der Waals surface area (Å²) in [4.78, 5) is 10.6. The average Bonchev–Trinajstić information content (AvgIpc) is 2.92. The zero-order chi connectivity index (χ0) is 13.1. The molecule has 1 aromatic heterocycles. The van der Waals surface area contributed by atoms with E-state index in [1.54, 1.807) is 0 Å². The predicted molar refractivity (Wildman–Crippen MR) is 75.1 cm³/mol. The van der Waals surface area contributed by atoms with Crippen LogP contribution in [0.15, 0.2) is 24.5 Å². The first-order valence-corrected chi connectivity index (χ1v) is 6.68. The van der Waals surface area contributed by atoms with E-state index in [2.05, 4.69) is 14.9 Å². The molecule has 1 saturated heterocycles. The second-order valence-electron chi connectivity index (χ2n) is 4.84. The normalized spacial score (nSPS) is 16.0. The zero-order valence-corrected chi connectivity index (χ0v) is 10.9. The van der Waals surface area contributed by atoms with Crippen LogP contribution in [-0.2, 0) is 0 Å². The molecule has 3 rings (SSSR count). The number of likely N-dealkylation sites (tertiary alicyclic amines) is 1. The van der Waals surface area contributed by atoms with Gasteiger partial charge in [-0.2, -0.15) is 0 Å². The van der Waals surface area contributed by atoms with Gasteiger partial charge in [-0.3, -0.25) is 4.90 Å².